The molecule has 114 valence electrons. The number of nitrogens with zero attached hydrogens (tertiary/aromatic N) is 1. The molecule has 0 spiro atoms. The van der Waals surface area contributed by atoms with E-state index in [4.69, 9.17) is 16.5 Å². The van der Waals surface area contributed by atoms with Crippen LogP contribution in [0.1, 0.15) is 13.8 Å². The second-order valence-electron chi connectivity index (χ2n) is 5.88. The topological polar surface area (TPSA) is 40.2 Å². The molecular formula is C10H29NO4Si4. The average molecular weight is 340 g/mol. The summed E-state index contributed by atoms with van der Waals surface area (Å²) in [6.45, 7) is 18.7. The summed E-state index contributed by atoms with van der Waals surface area (Å²) in [6.07, 6.45) is 0. The second-order valence-corrected chi connectivity index (χ2v) is 18.6. The third-order valence-electron chi connectivity index (χ3n) is 3.10. The van der Waals surface area contributed by atoms with Gasteiger partial charge in [-0.15, -0.1) is 0 Å². The van der Waals surface area contributed by atoms with Crippen LogP contribution in [-0.2, 0) is 16.5 Å². The first kappa shape index (κ1) is 17.7. The molecule has 0 aromatic rings. The van der Waals surface area contributed by atoms with Crippen molar-refractivity contribution in [3.63, 3.8) is 0 Å². The van der Waals surface area contributed by atoms with Crippen LogP contribution >= 0.6 is 0 Å². The molecule has 0 aliphatic carbocycles. The summed E-state index contributed by atoms with van der Waals surface area (Å²) >= 11 is 0. The molecule has 1 fully saturated rings. The third kappa shape index (κ3) is 4.86. The van der Waals surface area contributed by atoms with Crippen molar-refractivity contribution in [2.45, 2.75) is 53.1 Å². The molecule has 5 nitrogen and oxygen atoms in total. The SMILES string of the molecule is CCN(CC)[Si]1(C)O[SiH](C)O[Si](C)(C)O[Si](C)(C)O1. The van der Waals surface area contributed by atoms with E-state index in [2.05, 4.69) is 57.7 Å². The molecule has 1 aliphatic heterocycles. The normalized spacial score (nSPS) is 34.9. The molecule has 1 rings (SSSR count). The quantitative estimate of drug-likeness (QED) is 0.738. The molecular weight excluding hydrogens is 310 g/mol. The fourth-order valence-electron chi connectivity index (χ4n) is 2.79. The zero-order valence-corrected chi connectivity index (χ0v) is 17.7. The summed E-state index contributed by atoms with van der Waals surface area (Å²) in [5.41, 5.74) is 0. The Kier molecular flexibility index (Phi) is 5.78. The lowest BCUT2D eigenvalue weighted by Gasteiger charge is -2.47. The minimum atomic E-state index is -2.38. The fraction of sp³-hybridized carbons (Fsp3) is 1.00. The van der Waals surface area contributed by atoms with Crippen molar-refractivity contribution in [3.8, 4) is 0 Å². The second kappa shape index (κ2) is 6.20. The minimum absolute atomic E-state index is 0.936. The predicted molar refractivity (Wildman–Crippen MR) is 86.9 cm³/mol. The first-order chi connectivity index (χ1) is 8.53. The van der Waals surface area contributed by atoms with E-state index in [1.807, 2.05) is 0 Å². The van der Waals surface area contributed by atoms with Crippen LogP contribution in [0.2, 0.25) is 39.3 Å². The Morgan fingerprint density at radius 2 is 1.37 bits per heavy atom. The van der Waals surface area contributed by atoms with Gasteiger partial charge in [0.2, 0.25) is 0 Å². The lowest BCUT2D eigenvalue weighted by atomic mass is 10.7. The van der Waals surface area contributed by atoms with Crippen molar-refractivity contribution >= 4 is 35.1 Å². The van der Waals surface area contributed by atoms with Gasteiger partial charge in [0, 0.05) is 0 Å². The van der Waals surface area contributed by atoms with E-state index in [1.165, 1.54) is 0 Å². The van der Waals surface area contributed by atoms with Gasteiger partial charge < -0.3 is 16.5 Å². The van der Waals surface area contributed by atoms with E-state index in [0.717, 1.165) is 13.1 Å². The molecule has 0 bridgehead atoms. The summed E-state index contributed by atoms with van der Waals surface area (Å²) in [5.74, 6) is 0. The summed E-state index contributed by atoms with van der Waals surface area (Å²) in [7, 11) is -8.41. The van der Waals surface area contributed by atoms with Gasteiger partial charge >= 0.3 is 35.1 Å². The standard InChI is InChI=1S/C10H29NO4Si4/c1-9-11(10-2)19(8)13-16(3)12-17(4,5)14-18(6,7)15-19/h16H,9-10H2,1-8H3. The van der Waals surface area contributed by atoms with Crippen molar-refractivity contribution in [2.24, 2.45) is 0 Å². The molecule has 0 aromatic carbocycles. The van der Waals surface area contributed by atoms with Crippen LogP contribution in [0.4, 0.5) is 0 Å². The Balaban J connectivity index is 3.02. The van der Waals surface area contributed by atoms with Crippen LogP contribution in [-0.4, -0.2) is 52.8 Å². The summed E-state index contributed by atoms with van der Waals surface area (Å²) in [4.78, 5) is 0. The monoisotopic (exact) mass is 339 g/mol. The van der Waals surface area contributed by atoms with E-state index in [1.54, 1.807) is 0 Å². The minimum Gasteiger partial charge on any atom is -0.418 e. The van der Waals surface area contributed by atoms with Gasteiger partial charge in [-0.05, 0) is 52.4 Å². The maximum atomic E-state index is 6.46. The highest BCUT2D eigenvalue weighted by Crippen LogP contribution is 2.28. The Bertz CT molecular complexity index is 314. The van der Waals surface area contributed by atoms with Crippen LogP contribution < -0.4 is 0 Å². The molecule has 1 saturated heterocycles. The van der Waals surface area contributed by atoms with Crippen LogP contribution in [0.3, 0.4) is 0 Å². The molecule has 2 atom stereocenters. The van der Waals surface area contributed by atoms with Crippen LogP contribution in [0.25, 0.3) is 0 Å². The van der Waals surface area contributed by atoms with Crippen LogP contribution in [0.15, 0.2) is 0 Å². The Labute approximate surface area is 122 Å². The fourth-order valence-corrected chi connectivity index (χ4v) is 21.5. The van der Waals surface area contributed by atoms with Gasteiger partial charge in [0.15, 0.2) is 0 Å². The number of rotatable bonds is 3. The van der Waals surface area contributed by atoms with Gasteiger partial charge in [-0.2, -0.15) is 0 Å². The van der Waals surface area contributed by atoms with E-state index >= 15 is 0 Å². The summed E-state index contributed by atoms with van der Waals surface area (Å²) in [5, 5.41) is 0. The first-order valence-corrected chi connectivity index (χ1v) is 17.0. The zero-order valence-electron chi connectivity index (χ0n) is 13.6. The van der Waals surface area contributed by atoms with Crippen LogP contribution in [0, 0.1) is 0 Å². The Hall–Kier alpha value is 0.668. The lowest BCUT2D eigenvalue weighted by molar-refractivity contribution is 0.198. The largest absolute Gasteiger partial charge is 0.418 e. The van der Waals surface area contributed by atoms with Gasteiger partial charge in [-0.1, -0.05) is 13.8 Å². The van der Waals surface area contributed by atoms with Gasteiger partial charge in [-0.3, -0.25) is 4.57 Å². The number of hydrogen-bond donors (Lipinski definition) is 0. The molecule has 2 unspecified atom stereocenters. The van der Waals surface area contributed by atoms with Crippen LogP contribution in [0.5, 0.6) is 0 Å². The highest BCUT2D eigenvalue weighted by atomic mass is 28.5. The predicted octanol–water partition coefficient (Wildman–Crippen LogP) is 2.23. The number of hydrogen-bond acceptors (Lipinski definition) is 5. The lowest BCUT2D eigenvalue weighted by Crippen LogP contribution is -2.67. The Morgan fingerprint density at radius 1 is 0.842 bits per heavy atom. The van der Waals surface area contributed by atoms with Crippen molar-refractivity contribution in [1.29, 1.82) is 0 Å². The molecule has 1 aliphatic rings. The van der Waals surface area contributed by atoms with E-state index < -0.39 is 35.1 Å². The molecule has 19 heavy (non-hydrogen) atoms. The van der Waals surface area contributed by atoms with Crippen molar-refractivity contribution < 1.29 is 16.5 Å². The molecule has 0 N–H and O–H groups in total. The molecule has 1 heterocycles. The van der Waals surface area contributed by atoms with Gasteiger partial charge in [0.1, 0.15) is 0 Å². The highest BCUT2D eigenvalue weighted by Gasteiger charge is 2.51. The smallest absolute Gasteiger partial charge is 0.406 e. The third-order valence-corrected chi connectivity index (χ3v) is 19.0. The van der Waals surface area contributed by atoms with Crippen molar-refractivity contribution in [3.05, 3.63) is 0 Å². The summed E-state index contributed by atoms with van der Waals surface area (Å²) in [6, 6.07) is 0. The molecule has 0 saturated carbocycles. The van der Waals surface area contributed by atoms with Crippen molar-refractivity contribution in [2.75, 3.05) is 13.1 Å². The highest BCUT2D eigenvalue weighted by molar-refractivity contribution is 6.89. The Morgan fingerprint density at radius 3 is 1.84 bits per heavy atom. The molecule has 0 radical (unpaired) electrons. The van der Waals surface area contributed by atoms with Gasteiger partial charge in [-0.25, -0.2) is 0 Å². The zero-order chi connectivity index (χ0) is 14.9. The average Bonchev–Trinajstić information content (AvgIpc) is 2.11. The summed E-state index contributed by atoms with van der Waals surface area (Å²) < 4.78 is 27.5. The first-order valence-electron chi connectivity index (χ1n) is 7.04. The molecule has 9 heteroatoms. The van der Waals surface area contributed by atoms with E-state index in [9.17, 15) is 0 Å². The van der Waals surface area contributed by atoms with Gasteiger partial charge in [0.25, 0.3) is 0 Å². The van der Waals surface area contributed by atoms with Crippen molar-refractivity contribution in [1.82, 2.24) is 4.57 Å². The maximum absolute atomic E-state index is 6.46. The maximum Gasteiger partial charge on any atom is 0.406 e. The van der Waals surface area contributed by atoms with Gasteiger partial charge in [0.05, 0.1) is 0 Å². The van der Waals surface area contributed by atoms with E-state index in [-0.39, 0.29) is 0 Å². The molecule has 0 amide bonds. The molecule has 0 aromatic heterocycles. The van der Waals surface area contributed by atoms with E-state index in [0.29, 0.717) is 0 Å².